The molecule has 3 rings (SSSR count). The van der Waals surface area contributed by atoms with Crippen LogP contribution < -0.4 is 10.1 Å². The van der Waals surface area contributed by atoms with Gasteiger partial charge in [-0.1, -0.05) is 35.5 Å². The van der Waals surface area contributed by atoms with Crippen LogP contribution in [0.3, 0.4) is 0 Å². The molecular formula is C19H16F4N2O3. The van der Waals surface area contributed by atoms with Gasteiger partial charge in [-0.25, -0.2) is 4.39 Å². The Labute approximate surface area is 157 Å². The van der Waals surface area contributed by atoms with Crippen LogP contribution in [0.25, 0.3) is 0 Å². The molecule has 0 fully saturated rings. The predicted molar refractivity (Wildman–Crippen MR) is 92.0 cm³/mol. The fourth-order valence-corrected chi connectivity index (χ4v) is 2.72. The third-order valence-corrected chi connectivity index (χ3v) is 3.97. The fraction of sp³-hybridized carbons (Fsp3) is 0.263. The van der Waals surface area contributed by atoms with Gasteiger partial charge in [-0.2, -0.15) is 0 Å². The normalized spacial score (nSPS) is 16.3. The Morgan fingerprint density at radius 3 is 2.75 bits per heavy atom. The van der Waals surface area contributed by atoms with Gasteiger partial charge in [0.1, 0.15) is 11.6 Å². The van der Waals surface area contributed by atoms with Crippen molar-refractivity contribution in [2.45, 2.75) is 31.9 Å². The summed E-state index contributed by atoms with van der Waals surface area (Å²) in [7, 11) is 0. The smallest absolute Gasteiger partial charge is 0.405 e. The molecule has 1 atom stereocenters. The molecule has 1 unspecified atom stereocenters. The molecule has 2 aromatic rings. The number of halogens is 4. The maximum atomic E-state index is 13.2. The lowest BCUT2D eigenvalue weighted by Crippen LogP contribution is -2.34. The van der Waals surface area contributed by atoms with Gasteiger partial charge in [-0.3, -0.25) is 4.79 Å². The summed E-state index contributed by atoms with van der Waals surface area (Å²) in [6.45, 7) is -0.163. The number of carbonyl (C=O) groups excluding carboxylic acids is 1. The Morgan fingerprint density at radius 1 is 1.21 bits per heavy atom. The monoisotopic (exact) mass is 396 g/mol. The Kier molecular flexibility index (Phi) is 5.81. The third-order valence-electron chi connectivity index (χ3n) is 3.97. The molecule has 1 amide bonds. The summed E-state index contributed by atoms with van der Waals surface area (Å²) in [5.74, 6) is -1.27. The molecule has 0 saturated heterocycles. The lowest BCUT2D eigenvalue weighted by atomic mass is 10.0. The molecule has 0 spiro atoms. The molecule has 9 heteroatoms. The Hall–Kier alpha value is -3.10. The summed E-state index contributed by atoms with van der Waals surface area (Å²) in [6.07, 6.45) is -5.17. The maximum Gasteiger partial charge on any atom is 0.573 e. The van der Waals surface area contributed by atoms with Crippen molar-refractivity contribution in [3.8, 4) is 5.75 Å². The van der Waals surface area contributed by atoms with E-state index in [9.17, 15) is 22.4 Å². The summed E-state index contributed by atoms with van der Waals surface area (Å²) < 4.78 is 54.5. The first-order valence-electron chi connectivity index (χ1n) is 8.37. The summed E-state index contributed by atoms with van der Waals surface area (Å²) in [5.41, 5.74) is 1.44. The van der Waals surface area contributed by atoms with Crippen molar-refractivity contribution < 1.29 is 31.9 Å². The minimum Gasteiger partial charge on any atom is -0.405 e. The van der Waals surface area contributed by atoms with Gasteiger partial charge in [0.15, 0.2) is 0 Å². The van der Waals surface area contributed by atoms with Crippen LogP contribution in [0.1, 0.15) is 17.5 Å². The summed E-state index contributed by atoms with van der Waals surface area (Å²) in [4.78, 5) is 17.3. The van der Waals surface area contributed by atoms with Crippen LogP contribution in [-0.4, -0.2) is 24.1 Å². The van der Waals surface area contributed by atoms with Crippen LogP contribution in [0, 0.1) is 5.82 Å². The second-order valence-corrected chi connectivity index (χ2v) is 6.14. The van der Waals surface area contributed by atoms with E-state index in [-0.39, 0.29) is 30.1 Å². The molecule has 0 radical (unpaired) electrons. The molecular weight excluding hydrogens is 380 g/mol. The minimum absolute atomic E-state index is 0.163. The molecule has 0 aliphatic carbocycles. The number of benzene rings is 2. The average Bonchev–Trinajstić information content (AvgIpc) is 3.08. The number of hydrogen-bond acceptors (Lipinski definition) is 4. The highest BCUT2D eigenvalue weighted by Gasteiger charge is 2.32. The van der Waals surface area contributed by atoms with Crippen LogP contribution in [0.4, 0.5) is 17.6 Å². The molecule has 1 aliphatic rings. The van der Waals surface area contributed by atoms with E-state index in [1.165, 1.54) is 36.4 Å². The molecule has 1 heterocycles. The van der Waals surface area contributed by atoms with Crippen molar-refractivity contribution in [3.05, 3.63) is 65.5 Å². The topological polar surface area (TPSA) is 59.9 Å². The van der Waals surface area contributed by atoms with E-state index in [0.29, 0.717) is 17.7 Å². The van der Waals surface area contributed by atoms with Crippen LogP contribution in [0.5, 0.6) is 5.75 Å². The van der Waals surface area contributed by atoms with E-state index in [2.05, 4.69) is 15.2 Å². The Bertz CT molecular complexity index is 883. The van der Waals surface area contributed by atoms with E-state index in [0.717, 1.165) is 0 Å². The molecule has 28 heavy (non-hydrogen) atoms. The highest BCUT2D eigenvalue weighted by atomic mass is 19.4. The van der Waals surface area contributed by atoms with Gasteiger partial charge in [0.2, 0.25) is 6.10 Å². The molecule has 1 aliphatic heterocycles. The van der Waals surface area contributed by atoms with Gasteiger partial charge >= 0.3 is 6.36 Å². The van der Waals surface area contributed by atoms with Gasteiger partial charge in [0.05, 0.1) is 5.71 Å². The molecule has 1 N–H and O–H groups in total. The van der Waals surface area contributed by atoms with Crippen molar-refractivity contribution in [1.82, 2.24) is 5.32 Å². The van der Waals surface area contributed by atoms with Crippen LogP contribution in [0.15, 0.2) is 53.7 Å². The predicted octanol–water partition coefficient (Wildman–Crippen LogP) is 3.73. The first-order valence-corrected chi connectivity index (χ1v) is 8.37. The highest BCUT2D eigenvalue weighted by Crippen LogP contribution is 2.26. The number of para-hydroxylation sites is 1. The summed E-state index contributed by atoms with van der Waals surface area (Å²) in [6, 6.07) is 11.5. The van der Waals surface area contributed by atoms with Crippen molar-refractivity contribution >= 4 is 11.6 Å². The fourth-order valence-electron chi connectivity index (χ4n) is 2.72. The van der Waals surface area contributed by atoms with Crippen LogP contribution >= 0.6 is 0 Å². The number of nitrogens with one attached hydrogen (secondary N) is 1. The first kappa shape index (κ1) is 19.7. The van der Waals surface area contributed by atoms with E-state index >= 15 is 0 Å². The maximum absolute atomic E-state index is 13.2. The van der Waals surface area contributed by atoms with E-state index in [4.69, 9.17) is 4.84 Å². The quantitative estimate of drug-likeness (QED) is 0.757. The average molecular weight is 396 g/mol. The van der Waals surface area contributed by atoms with Gasteiger partial charge in [0.25, 0.3) is 5.91 Å². The molecule has 2 aromatic carbocycles. The van der Waals surface area contributed by atoms with Gasteiger partial charge in [-0.05, 0) is 23.8 Å². The number of hydrogen-bond donors (Lipinski definition) is 1. The number of nitrogens with zero attached hydrogens (tertiary/aromatic N) is 1. The third kappa shape index (κ3) is 5.45. The first-order chi connectivity index (χ1) is 13.3. The van der Waals surface area contributed by atoms with Crippen LogP contribution in [-0.2, 0) is 22.6 Å². The Balaban J connectivity index is 1.53. The molecule has 0 saturated carbocycles. The Morgan fingerprint density at radius 2 is 2.00 bits per heavy atom. The SMILES string of the molecule is O=C(NCc1ccccc1OC(F)(F)F)C1CC(Cc2cccc(F)c2)=NO1. The van der Waals surface area contributed by atoms with Crippen molar-refractivity contribution in [1.29, 1.82) is 0 Å². The van der Waals surface area contributed by atoms with Crippen molar-refractivity contribution in [2.75, 3.05) is 0 Å². The lowest BCUT2D eigenvalue weighted by Gasteiger charge is -2.14. The van der Waals surface area contributed by atoms with E-state index in [1.54, 1.807) is 12.1 Å². The molecule has 148 valence electrons. The highest BCUT2D eigenvalue weighted by molar-refractivity contribution is 5.93. The standard InChI is InChI=1S/C19H16F4N2O3/c20-14-6-3-4-12(8-14)9-15-10-17(28-25-15)18(26)24-11-13-5-1-2-7-16(13)27-19(21,22)23/h1-8,17H,9-11H2,(H,24,26). The zero-order chi connectivity index (χ0) is 20.1. The second-order valence-electron chi connectivity index (χ2n) is 6.14. The van der Waals surface area contributed by atoms with Gasteiger partial charge in [-0.15, -0.1) is 13.2 Å². The molecule has 0 bridgehead atoms. The number of alkyl halides is 3. The van der Waals surface area contributed by atoms with Gasteiger partial charge in [0, 0.05) is 24.9 Å². The molecule has 0 aromatic heterocycles. The zero-order valence-corrected chi connectivity index (χ0v) is 14.5. The molecule has 5 nitrogen and oxygen atoms in total. The summed E-state index contributed by atoms with van der Waals surface area (Å²) in [5, 5.41) is 6.36. The largest absolute Gasteiger partial charge is 0.573 e. The van der Waals surface area contributed by atoms with Gasteiger partial charge < -0.3 is 14.9 Å². The second kappa shape index (κ2) is 8.28. The lowest BCUT2D eigenvalue weighted by molar-refractivity contribution is -0.274. The zero-order valence-electron chi connectivity index (χ0n) is 14.5. The van der Waals surface area contributed by atoms with Crippen LogP contribution in [0.2, 0.25) is 0 Å². The van der Waals surface area contributed by atoms with E-state index in [1.807, 2.05) is 0 Å². The number of carbonyl (C=O) groups is 1. The number of oxime groups is 1. The minimum atomic E-state index is -4.83. The summed E-state index contributed by atoms with van der Waals surface area (Å²) >= 11 is 0. The van der Waals surface area contributed by atoms with E-state index < -0.39 is 18.4 Å². The number of rotatable bonds is 6. The van der Waals surface area contributed by atoms with Crippen molar-refractivity contribution in [2.24, 2.45) is 5.16 Å². The van der Waals surface area contributed by atoms with Crippen molar-refractivity contribution in [3.63, 3.8) is 0 Å². The number of ether oxygens (including phenoxy) is 1. The number of amides is 1.